The summed E-state index contributed by atoms with van der Waals surface area (Å²) >= 11 is 5.79. The summed E-state index contributed by atoms with van der Waals surface area (Å²) in [6, 6.07) is 20.7. The molecule has 36 heavy (non-hydrogen) atoms. The lowest BCUT2D eigenvalue weighted by Gasteiger charge is -2.27. The van der Waals surface area contributed by atoms with Crippen LogP contribution in [0.4, 0.5) is 5.69 Å². The summed E-state index contributed by atoms with van der Waals surface area (Å²) in [4.78, 5) is 18.3. The van der Waals surface area contributed by atoms with Gasteiger partial charge in [-0.1, -0.05) is 24.3 Å². The van der Waals surface area contributed by atoms with Crippen LogP contribution in [0.25, 0.3) is 11.3 Å². The Hall–Kier alpha value is -4.37. The van der Waals surface area contributed by atoms with E-state index in [1.54, 1.807) is 50.7 Å². The Labute approximate surface area is 213 Å². The lowest BCUT2D eigenvalue weighted by molar-refractivity contribution is 0.0697. The molecule has 4 aromatic rings. The molecule has 0 spiro atoms. The van der Waals surface area contributed by atoms with E-state index >= 15 is 0 Å². The molecule has 3 heterocycles. The van der Waals surface area contributed by atoms with Gasteiger partial charge in [-0.3, -0.25) is 4.98 Å². The lowest BCUT2D eigenvalue weighted by atomic mass is 10.0. The SMILES string of the molecule is COc1ccc(OC)c(N2C(=S)NC(c3ccccn3)C2c2ccc(-c3ccccc3C(=O)O)o2)c1. The quantitative estimate of drug-likeness (QED) is 0.330. The molecule has 0 radical (unpaired) electrons. The molecule has 0 aliphatic carbocycles. The lowest BCUT2D eigenvalue weighted by Crippen LogP contribution is -2.29. The molecule has 8 nitrogen and oxygen atoms in total. The van der Waals surface area contributed by atoms with Crippen molar-refractivity contribution in [1.82, 2.24) is 10.3 Å². The van der Waals surface area contributed by atoms with Gasteiger partial charge in [0.05, 0.1) is 37.2 Å². The molecule has 2 aromatic heterocycles. The number of aromatic nitrogens is 1. The van der Waals surface area contributed by atoms with Gasteiger partial charge in [-0.05, 0) is 54.7 Å². The number of carboxylic acids is 1. The zero-order chi connectivity index (χ0) is 25.2. The fraction of sp³-hybridized carbons (Fsp3) is 0.148. The van der Waals surface area contributed by atoms with E-state index in [4.69, 9.17) is 26.1 Å². The third kappa shape index (κ3) is 4.14. The maximum atomic E-state index is 11.8. The largest absolute Gasteiger partial charge is 0.497 e. The second kappa shape index (κ2) is 9.71. The molecule has 1 aliphatic heterocycles. The molecule has 2 N–H and O–H groups in total. The smallest absolute Gasteiger partial charge is 0.336 e. The minimum atomic E-state index is -1.03. The monoisotopic (exact) mass is 501 g/mol. The number of furan rings is 1. The zero-order valence-electron chi connectivity index (χ0n) is 19.5. The Balaban J connectivity index is 1.66. The first kappa shape index (κ1) is 23.4. The topological polar surface area (TPSA) is 97.1 Å². The molecular weight excluding hydrogens is 478 g/mol. The normalized spacial score (nSPS) is 17.1. The number of thiocarbonyl (C=S) groups is 1. The van der Waals surface area contributed by atoms with Crippen molar-refractivity contribution in [2.75, 3.05) is 19.1 Å². The fourth-order valence-corrected chi connectivity index (χ4v) is 4.77. The van der Waals surface area contributed by atoms with E-state index in [1.807, 2.05) is 47.4 Å². The summed E-state index contributed by atoms with van der Waals surface area (Å²) in [5.74, 6) is 1.25. The molecule has 182 valence electrons. The van der Waals surface area contributed by atoms with Gasteiger partial charge in [-0.15, -0.1) is 0 Å². The van der Waals surface area contributed by atoms with E-state index in [2.05, 4.69) is 10.3 Å². The van der Waals surface area contributed by atoms with Crippen LogP contribution >= 0.6 is 12.2 Å². The number of rotatable bonds is 7. The highest BCUT2D eigenvalue weighted by Crippen LogP contribution is 2.46. The highest BCUT2D eigenvalue weighted by atomic mass is 32.1. The fourth-order valence-electron chi connectivity index (χ4n) is 4.43. The Morgan fingerprint density at radius 2 is 1.86 bits per heavy atom. The first-order valence-electron chi connectivity index (χ1n) is 11.2. The number of hydrogen-bond acceptors (Lipinski definition) is 6. The zero-order valence-corrected chi connectivity index (χ0v) is 20.4. The van der Waals surface area contributed by atoms with Crippen LogP contribution in [0, 0.1) is 0 Å². The van der Waals surface area contributed by atoms with Crippen molar-refractivity contribution in [1.29, 1.82) is 0 Å². The van der Waals surface area contributed by atoms with Crippen LogP contribution in [-0.4, -0.2) is 35.4 Å². The Bertz CT molecular complexity index is 1420. The number of ether oxygens (including phenoxy) is 2. The minimum Gasteiger partial charge on any atom is -0.497 e. The standard InChI is InChI=1S/C27H23N3O5S/c1-33-16-10-11-22(34-2)20(15-16)30-25(24(29-27(30)36)19-9-5-6-14-28-19)23-13-12-21(35-23)17-7-3-4-8-18(17)26(31)32/h3-15,24-25H,1-2H3,(H,29,36)(H,31,32). The predicted molar refractivity (Wildman–Crippen MR) is 139 cm³/mol. The van der Waals surface area contributed by atoms with Crippen LogP contribution in [-0.2, 0) is 0 Å². The number of pyridine rings is 1. The predicted octanol–water partition coefficient (Wildman–Crippen LogP) is 5.23. The summed E-state index contributed by atoms with van der Waals surface area (Å²) < 4.78 is 17.4. The van der Waals surface area contributed by atoms with E-state index in [-0.39, 0.29) is 11.6 Å². The van der Waals surface area contributed by atoms with Crippen molar-refractivity contribution >= 4 is 29.0 Å². The summed E-state index contributed by atoms with van der Waals surface area (Å²) in [5, 5.41) is 13.5. The van der Waals surface area contributed by atoms with Gasteiger partial charge in [0, 0.05) is 17.8 Å². The van der Waals surface area contributed by atoms with Crippen molar-refractivity contribution in [3.63, 3.8) is 0 Å². The number of carbonyl (C=O) groups is 1. The van der Waals surface area contributed by atoms with E-state index in [0.717, 1.165) is 5.69 Å². The summed E-state index contributed by atoms with van der Waals surface area (Å²) in [6.07, 6.45) is 1.72. The number of aromatic carboxylic acids is 1. The molecule has 0 bridgehead atoms. The molecule has 2 unspecified atom stereocenters. The van der Waals surface area contributed by atoms with Crippen molar-refractivity contribution in [3.05, 3.63) is 96.0 Å². The molecular formula is C27H23N3O5S. The van der Waals surface area contributed by atoms with Crippen LogP contribution < -0.4 is 19.7 Å². The first-order chi connectivity index (χ1) is 17.5. The molecule has 2 aromatic carbocycles. The van der Waals surface area contributed by atoms with Crippen molar-refractivity contribution < 1.29 is 23.8 Å². The second-order valence-electron chi connectivity index (χ2n) is 8.09. The molecule has 0 saturated carbocycles. The van der Waals surface area contributed by atoms with Gasteiger partial charge in [0.2, 0.25) is 0 Å². The maximum absolute atomic E-state index is 11.8. The number of hydrogen-bond donors (Lipinski definition) is 2. The van der Waals surface area contributed by atoms with Gasteiger partial charge >= 0.3 is 5.97 Å². The second-order valence-corrected chi connectivity index (χ2v) is 8.47. The van der Waals surface area contributed by atoms with E-state index in [1.165, 1.54) is 0 Å². The number of nitrogens with one attached hydrogen (secondary N) is 1. The van der Waals surface area contributed by atoms with Gasteiger partial charge in [0.15, 0.2) is 5.11 Å². The number of benzene rings is 2. The Kier molecular flexibility index (Phi) is 6.30. The molecule has 1 aliphatic rings. The van der Waals surface area contributed by atoms with E-state index in [9.17, 15) is 9.90 Å². The molecule has 5 rings (SSSR count). The first-order valence-corrected chi connectivity index (χ1v) is 11.6. The number of methoxy groups -OCH3 is 2. The van der Waals surface area contributed by atoms with Gasteiger partial charge < -0.3 is 29.2 Å². The number of anilines is 1. The minimum absolute atomic E-state index is 0.158. The Morgan fingerprint density at radius 3 is 2.58 bits per heavy atom. The summed E-state index contributed by atoms with van der Waals surface area (Å²) in [5.41, 5.74) is 2.12. The third-order valence-corrected chi connectivity index (χ3v) is 6.40. The van der Waals surface area contributed by atoms with Gasteiger partial charge in [0.25, 0.3) is 0 Å². The van der Waals surface area contributed by atoms with Crippen molar-refractivity contribution in [2.24, 2.45) is 0 Å². The van der Waals surface area contributed by atoms with E-state index in [0.29, 0.717) is 39.4 Å². The van der Waals surface area contributed by atoms with Crippen molar-refractivity contribution in [3.8, 4) is 22.8 Å². The van der Waals surface area contributed by atoms with Gasteiger partial charge in [-0.2, -0.15) is 0 Å². The van der Waals surface area contributed by atoms with Gasteiger partial charge in [0.1, 0.15) is 29.1 Å². The molecule has 0 amide bonds. The third-order valence-electron chi connectivity index (χ3n) is 6.08. The highest BCUT2D eigenvalue weighted by Gasteiger charge is 2.43. The molecule has 1 saturated heterocycles. The van der Waals surface area contributed by atoms with Crippen LogP contribution in [0.15, 0.2) is 83.4 Å². The van der Waals surface area contributed by atoms with Crippen LogP contribution in [0.5, 0.6) is 11.5 Å². The van der Waals surface area contributed by atoms with Crippen LogP contribution in [0.1, 0.15) is 33.9 Å². The highest BCUT2D eigenvalue weighted by molar-refractivity contribution is 7.80. The van der Waals surface area contributed by atoms with Crippen LogP contribution in [0.2, 0.25) is 0 Å². The summed E-state index contributed by atoms with van der Waals surface area (Å²) in [6.45, 7) is 0. The average molecular weight is 502 g/mol. The molecule has 1 fully saturated rings. The Morgan fingerprint density at radius 1 is 1.06 bits per heavy atom. The van der Waals surface area contributed by atoms with E-state index < -0.39 is 12.0 Å². The van der Waals surface area contributed by atoms with Crippen LogP contribution in [0.3, 0.4) is 0 Å². The summed E-state index contributed by atoms with van der Waals surface area (Å²) in [7, 11) is 3.19. The number of nitrogens with zero attached hydrogens (tertiary/aromatic N) is 2. The molecule has 9 heteroatoms. The van der Waals surface area contributed by atoms with Gasteiger partial charge in [-0.25, -0.2) is 4.79 Å². The average Bonchev–Trinajstić information content (AvgIpc) is 3.53. The van der Waals surface area contributed by atoms with Crippen molar-refractivity contribution in [2.45, 2.75) is 12.1 Å². The number of carboxylic acid groups (broad SMARTS) is 1. The maximum Gasteiger partial charge on any atom is 0.336 e. The molecule has 2 atom stereocenters.